The first-order valence-electron chi connectivity index (χ1n) is 7.37. The third kappa shape index (κ3) is 2.91. The molecule has 0 saturated heterocycles. The van der Waals surface area contributed by atoms with Crippen molar-refractivity contribution in [3.63, 3.8) is 0 Å². The number of pyridine rings is 1. The molecule has 0 spiro atoms. The molecule has 0 aliphatic rings. The van der Waals surface area contributed by atoms with Gasteiger partial charge in [0.25, 0.3) is 0 Å². The van der Waals surface area contributed by atoms with Crippen LogP contribution < -0.4 is 4.74 Å². The number of rotatable bonds is 4. The van der Waals surface area contributed by atoms with Gasteiger partial charge >= 0.3 is 0 Å². The van der Waals surface area contributed by atoms with E-state index in [1.165, 1.54) is 12.1 Å². The van der Waals surface area contributed by atoms with Gasteiger partial charge in [-0.1, -0.05) is 12.1 Å². The molecule has 116 valence electrons. The molecule has 0 aliphatic carbocycles. The van der Waals surface area contributed by atoms with E-state index in [0.717, 1.165) is 33.4 Å². The van der Waals surface area contributed by atoms with Gasteiger partial charge in [0.05, 0.1) is 23.8 Å². The number of hydrogen-bond donors (Lipinski definition) is 1. The minimum atomic E-state index is -0.257. The number of ether oxygens (including phenoxy) is 1. The third-order valence-electron chi connectivity index (χ3n) is 3.95. The van der Waals surface area contributed by atoms with E-state index in [9.17, 15) is 4.39 Å². The Kier molecular flexibility index (Phi) is 4.03. The van der Waals surface area contributed by atoms with Crippen LogP contribution in [0.25, 0.3) is 10.9 Å². The van der Waals surface area contributed by atoms with Crippen molar-refractivity contribution in [1.82, 2.24) is 9.97 Å². The maximum atomic E-state index is 13.0. The summed E-state index contributed by atoms with van der Waals surface area (Å²) < 4.78 is 18.8. The van der Waals surface area contributed by atoms with Gasteiger partial charge in [0.2, 0.25) is 0 Å². The molecule has 23 heavy (non-hydrogen) atoms. The molecule has 0 unspecified atom stereocenters. The zero-order valence-corrected chi connectivity index (χ0v) is 13.1. The normalized spacial score (nSPS) is 10.7. The smallest absolute Gasteiger partial charge is 0.162 e. The minimum absolute atomic E-state index is 0.257. The number of benzene rings is 1. The van der Waals surface area contributed by atoms with Gasteiger partial charge < -0.3 is 9.72 Å². The Morgan fingerprint density at radius 1 is 1.26 bits per heavy atom. The molecular weight excluding hydrogens is 291 g/mol. The van der Waals surface area contributed by atoms with Crippen LogP contribution in [-0.2, 0) is 13.0 Å². The van der Waals surface area contributed by atoms with Crippen LogP contribution in [0.15, 0.2) is 30.5 Å². The lowest BCUT2D eigenvalue weighted by Crippen LogP contribution is -1.99. The van der Waals surface area contributed by atoms with Crippen LogP contribution in [0.4, 0.5) is 4.39 Å². The van der Waals surface area contributed by atoms with Gasteiger partial charge in [-0.2, -0.15) is 0 Å². The lowest BCUT2D eigenvalue weighted by Gasteiger charge is -2.09. The molecule has 3 nitrogen and oxygen atoms in total. The van der Waals surface area contributed by atoms with Crippen LogP contribution >= 0.6 is 0 Å². The molecule has 1 aromatic carbocycles. The molecule has 4 heteroatoms. The number of aryl methyl sites for hydroxylation is 2. The maximum Gasteiger partial charge on any atom is 0.162 e. The molecule has 3 aromatic rings. The molecule has 0 amide bonds. The monoisotopic (exact) mass is 308 g/mol. The van der Waals surface area contributed by atoms with Crippen LogP contribution in [0.3, 0.4) is 0 Å². The molecule has 0 atom stereocenters. The zero-order valence-electron chi connectivity index (χ0n) is 13.1. The number of terminal acetylenes is 1. The van der Waals surface area contributed by atoms with E-state index in [0.29, 0.717) is 18.8 Å². The number of hydrogen-bond acceptors (Lipinski definition) is 2. The minimum Gasteiger partial charge on any atom is -0.485 e. The molecule has 1 N–H and O–H groups in total. The van der Waals surface area contributed by atoms with E-state index in [4.69, 9.17) is 11.2 Å². The van der Waals surface area contributed by atoms with Crippen LogP contribution in [0, 0.1) is 32.0 Å². The van der Waals surface area contributed by atoms with E-state index in [-0.39, 0.29) is 5.82 Å². The van der Waals surface area contributed by atoms with Crippen molar-refractivity contribution in [1.29, 1.82) is 0 Å². The van der Waals surface area contributed by atoms with E-state index < -0.39 is 0 Å². The molecule has 2 heterocycles. The van der Waals surface area contributed by atoms with Crippen molar-refractivity contribution >= 4 is 10.9 Å². The Hall–Kier alpha value is -2.80. The quantitative estimate of drug-likeness (QED) is 0.738. The summed E-state index contributed by atoms with van der Waals surface area (Å²) in [6.07, 6.45) is 7.60. The van der Waals surface area contributed by atoms with E-state index in [2.05, 4.69) is 15.9 Å². The summed E-state index contributed by atoms with van der Waals surface area (Å²) in [5, 5.41) is 1.03. The van der Waals surface area contributed by atoms with Crippen LogP contribution in [-0.4, -0.2) is 9.97 Å². The SMILES string of the molecule is C#CCc1ncc(OCc2ccc(F)cc2)c2[nH]c(C)c(C)c12. The predicted molar refractivity (Wildman–Crippen MR) is 88.8 cm³/mol. The summed E-state index contributed by atoms with van der Waals surface area (Å²) in [5.41, 5.74) is 4.87. The lowest BCUT2D eigenvalue weighted by molar-refractivity contribution is 0.308. The summed E-state index contributed by atoms with van der Waals surface area (Å²) >= 11 is 0. The number of aromatic nitrogens is 2. The second-order valence-corrected chi connectivity index (χ2v) is 5.49. The van der Waals surface area contributed by atoms with Crippen molar-refractivity contribution in [3.05, 3.63) is 58.8 Å². The number of nitrogens with zero attached hydrogens (tertiary/aromatic N) is 1. The first-order chi connectivity index (χ1) is 11.1. The predicted octanol–water partition coefficient (Wildman–Crippen LogP) is 4.07. The van der Waals surface area contributed by atoms with Gasteiger partial charge in [-0.05, 0) is 37.1 Å². The number of aromatic amines is 1. The van der Waals surface area contributed by atoms with Gasteiger partial charge in [-0.25, -0.2) is 4.39 Å². The Balaban J connectivity index is 1.95. The fourth-order valence-corrected chi connectivity index (χ4v) is 2.61. The molecule has 0 aliphatic heterocycles. The van der Waals surface area contributed by atoms with E-state index in [1.807, 2.05) is 13.8 Å². The van der Waals surface area contributed by atoms with Gasteiger partial charge in [0.1, 0.15) is 12.4 Å². The van der Waals surface area contributed by atoms with Crippen LogP contribution in [0.5, 0.6) is 5.75 Å². The molecule has 0 bridgehead atoms. The largest absolute Gasteiger partial charge is 0.485 e. The first kappa shape index (κ1) is 15.1. The third-order valence-corrected chi connectivity index (χ3v) is 3.95. The highest BCUT2D eigenvalue weighted by molar-refractivity contribution is 5.91. The Morgan fingerprint density at radius 2 is 2.00 bits per heavy atom. The Labute approximate surface area is 134 Å². The highest BCUT2D eigenvalue weighted by atomic mass is 19.1. The average Bonchev–Trinajstić information content (AvgIpc) is 2.84. The van der Waals surface area contributed by atoms with Gasteiger partial charge in [0, 0.05) is 11.1 Å². The maximum absolute atomic E-state index is 13.0. The van der Waals surface area contributed by atoms with Gasteiger partial charge in [0.15, 0.2) is 5.75 Å². The number of H-pyrrole nitrogens is 1. The second-order valence-electron chi connectivity index (χ2n) is 5.49. The molecule has 0 saturated carbocycles. The number of halogens is 1. The lowest BCUT2D eigenvalue weighted by atomic mass is 10.1. The Morgan fingerprint density at radius 3 is 2.70 bits per heavy atom. The van der Waals surface area contributed by atoms with E-state index in [1.54, 1.807) is 18.3 Å². The van der Waals surface area contributed by atoms with Crippen LogP contribution in [0.2, 0.25) is 0 Å². The van der Waals surface area contributed by atoms with Crippen molar-refractivity contribution in [2.75, 3.05) is 0 Å². The Bertz CT molecular complexity index is 888. The van der Waals surface area contributed by atoms with Crippen molar-refractivity contribution in [2.45, 2.75) is 26.9 Å². The molecule has 0 radical (unpaired) electrons. The topological polar surface area (TPSA) is 37.9 Å². The summed E-state index contributed by atoms with van der Waals surface area (Å²) in [7, 11) is 0. The summed E-state index contributed by atoms with van der Waals surface area (Å²) in [4.78, 5) is 7.80. The standard InChI is InChI=1S/C19H17FN2O/c1-4-5-16-18-12(2)13(3)22-19(18)17(10-21-16)23-11-14-6-8-15(20)9-7-14/h1,6-10,22H,5,11H2,2-3H3. The zero-order chi connectivity index (χ0) is 16.4. The van der Waals surface area contributed by atoms with Gasteiger partial charge in [-0.3, -0.25) is 4.98 Å². The fourth-order valence-electron chi connectivity index (χ4n) is 2.61. The summed E-state index contributed by atoms with van der Waals surface area (Å²) in [6, 6.07) is 6.26. The molecular formula is C19H17FN2O. The fraction of sp³-hybridized carbons (Fsp3) is 0.211. The molecule has 3 rings (SSSR count). The molecule has 2 aromatic heterocycles. The first-order valence-corrected chi connectivity index (χ1v) is 7.37. The highest BCUT2D eigenvalue weighted by Crippen LogP contribution is 2.31. The molecule has 0 fully saturated rings. The highest BCUT2D eigenvalue weighted by Gasteiger charge is 2.14. The number of nitrogens with one attached hydrogen (secondary N) is 1. The summed E-state index contributed by atoms with van der Waals surface area (Å²) in [6.45, 7) is 4.40. The van der Waals surface area contributed by atoms with Crippen molar-refractivity contribution in [3.8, 4) is 18.1 Å². The van der Waals surface area contributed by atoms with Crippen LogP contribution in [0.1, 0.15) is 22.5 Å². The summed E-state index contributed by atoms with van der Waals surface area (Å²) in [5.74, 6) is 3.05. The number of fused-ring (bicyclic) bond motifs is 1. The second kappa shape index (κ2) is 6.13. The van der Waals surface area contributed by atoms with Gasteiger partial charge in [-0.15, -0.1) is 12.3 Å². The van der Waals surface area contributed by atoms with E-state index >= 15 is 0 Å². The van der Waals surface area contributed by atoms with Crippen molar-refractivity contribution < 1.29 is 9.13 Å². The average molecular weight is 308 g/mol. The van der Waals surface area contributed by atoms with Crippen molar-refractivity contribution in [2.24, 2.45) is 0 Å².